The highest BCUT2D eigenvalue weighted by Crippen LogP contribution is 2.08. The van der Waals surface area contributed by atoms with Gasteiger partial charge in [-0.2, -0.15) is 0 Å². The van der Waals surface area contributed by atoms with E-state index in [1.54, 1.807) is 0 Å². The first kappa shape index (κ1) is 9.54. The van der Waals surface area contributed by atoms with E-state index in [1.807, 2.05) is 6.92 Å². The summed E-state index contributed by atoms with van der Waals surface area (Å²) in [5.74, 6) is 1.10. The molecule has 10 heavy (non-hydrogen) atoms. The Morgan fingerprint density at radius 1 is 1.20 bits per heavy atom. The minimum atomic E-state index is 0.850. The molecule has 1 heteroatoms. The molecular formula is C9H18O. The van der Waals surface area contributed by atoms with Gasteiger partial charge in [-0.1, -0.05) is 13.8 Å². The van der Waals surface area contributed by atoms with Gasteiger partial charge in [-0.15, -0.1) is 0 Å². The Balaban J connectivity index is 3.68. The fourth-order valence-electron chi connectivity index (χ4n) is 0.627. The molecule has 0 aromatic heterocycles. The first-order valence-corrected chi connectivity index (χ1v) is 4.01. The summed E-state index contributed by atoms with van der Waals surface area (Å²) in [5, 5.41) is 0. The van der Waals surface area contributed by atoms with Crippen molar-refractivity contribution in [1.82, 2.24) is 0 Å². The van der Waals surface area contributed by atoms with E-state index in [0.29, 0.717) is 0 Å². The number of ether oxygens (including phenoxy) is 1. The van der Waals surface area contributed by atoms with Gasteiger partial charge in [-0.3, -0.25) is 0 Å². The van der Waals surface area contributed by atoms with Crippen LogP contribution in [-0.2, 0) is 4.74 Å². The maximum absolute atomic E-state index is 5.42. The lowest BCUT2D eigenvalue weighted by atomic mass is 10.2. The van der Waals surface area contributed by atoms with E-state index in [-0.39, 0.29) is 0 Å². The van der Waals surface area contributed by atoms with E-state index in [1.165, 1.54) is 5.57 Å². The zero-order chi connectivity index (χ0) is 7.98. The molecule has 0 aliphatic rings. The van der Waals surface area contributed by atoms with Gasteiger partial charge in [-0.25, -0.2) is 0 Å². The Morgan fingerprint density at radius 3 is 2.20 bits per heavy atom. The van der Waals surface area contributed by atoms with Crippen molar-refractivity contribution in [3.63, 3.8) is 0 Å². The minimum Gasteiger partial charge on any atom is -0.498 e. The molecule has 0 saturated heterocycles. The summed E-state index contributed by atoms with van der Waals surface area (Å²) in [6.45, 7) is 9.27. The second-order valence-electron chi connectivity index (χ2n) is 2.54. The van der Waals surface area contributed by atoms with E-state index < -0.39 is 0 Å². The van der Waals surface area contributed by atoms with Crippen molar-refractivity contribution < 1.29 is 4.74 Å². The summed E-state index contributed by atoms with van der Waals surface area (Å²) in [7, 11) is 0. The van der Waals surface area contributed by atoms with Gasteiger partial charge in [0.1, 0.15) is 0 Å². The Hall–Kier alpha value is -0.460. The Kier molecular flexibility index (Phi) is 5.09. The van der Waals surface area contributed by atoms with Crippen molar-refractivity contribution in [3.8, 4) is 0 Å². The van der Waals surface area contributed by atoms with Crippen LogP contribution in [0.4, 0.5) is 0 Å². The molecular weight excluding hydrogens is 124 g/mol. The van der Waals surface area contributed by atoms with Crippen LogP contribution in [-0.4, -0.2) is 6.61 Å². The summed E-state index contributed by atoms with van der Waals surface area (Å²) < 4.78 is 5.42. The maximum Gasteiger partial charge on any atom is 0.0917 e. The lowest BCUT2D eigenvalue weighted by Crippen LogP contribution is -1.92. The quantitative estimate of drug-likeness (QED) is 0.548. The number of hydrogen-bond donors (Lipinski definition) is 0. The highest BCUT2D eigenvalue weighted by Gasteiger charge is 1.93. The lowest BCUT2D eigenvalue weighted by molar-refractivity contribution is 0.210. The van der Waals surface area contributed by atoms with E-state index >= 15 is 0 Å². The van der Waals surface area contributed by atoms with Gasteiger partial charge in [0.15, 0.2) is 0 Å². The Bertz CT molecular complexity index is 114. The molecule has 60 valence electrons. The zero-order valence-electron chi connectivity index (χ0n) is 7.53. The van der Waals surface area contributed by atoms with Crippen molar-refractivity contribution in [2.24, 2.45) is 0 Å². The summed E-state index contributed by atoms with van der Waals surface area (Å²) in [6, 6.07) is 0. The van der Waals surface area contributed by atoms with Crippen molar-refractivity contribution in [1.29, 1.82) is 0 Å². The van der Waals surface area contributed by atoms with Gasteiger partial charge in [0.2, 0.25) is 0 Å². The van der Waals surface area contributed by atoms with Crippen LogP contribution in [0.25, 0.3) is 0 Å². The van der Waals surface area contributed by atoms with Gasteiger partial charge in [0.05, 0.1) is 12.4 Å². The third kappa shape index (κ3) is 3.54. The molecule has 0 rings (SSSR count). The molecule has 0 bridgehead atoms. The summed E-state index contributed by atoms with van der Waals surface area (Å²) >= 11 is 0. The molecule has 0 aliphatic heterocycles. The maximum atomic E-state index is 5.42. The van der Waals surface area contributed by atoms with Gasteiger partial charge in [0, 0.05) is 0 Å². The standard InChI is InChI=1S/C9H18O/c1-5-7-10-9(4)8(3)6-2/h5-7H2,1-4H3/b9-8-. The Morgan fingerprint density at radius 2 is 1.80 bits per heavy atom. The van der Waals surface area contributed by atoms with Gasteiger partial charge >= 0.3 is 0 Å². The van der Waals surface area contributed by atoms with E-state index in [4.69, 9.17) is 4.74 Å². The molecule has 0 fully saturated rings. The predicted octanol–water partition coefficient (Wildman–Crippen LogP) is 3.12. The minimum absolute atomic E-state index is 0.850. The van der Waals surface area contributed by atoms with Crippen molar-refractivity contribution in [2.75, 3.05) is 6.61 Å². The van der Waals surface area contributed by atoms with Crippen LogP contribution in [0.2, 0.25) is 0 Å². The molecule has 0 aromatic rings. The Labute approximate surface area is 64.1 Å². The van der Waals surface area contributed by atoms with Gasteiger partial charge in [0.25, 0.3) is 0 Å². The molecule has 0 saturated carbocycles. The smallest absolute Gasteiger partial charge is 0.0917 e. The fourth-order valence-corrected chi connectivity index (χ4v) is 0.627. The van der Waals surface area contributed by atoms with Crippen LogP contribution in [0.5, 0.6) is 0 Å². The highest BCUT2D eigenvalue weighted by atomic mass is 16.5. The van der Waals surface area contributed by atoms with Crippen LogP contribution in [0.3, 0.4) is 0 Å². The summed E-state index contributed by atoms with van der Waals surface area (Å²) in [6.07, 6.45) is 2.18. The summed E-state index contributed by atoms with van der Waals surface area (Å²) in [4.78, 5) is 0. The molecule has 0 unspecified atom stereocenters. The molecule has 0 aliphatic carbocycles. The largest absolute Gasteiger partial charge is 0.498 e. The third-order valence-corrected chi connectivity index (χ3v) is 1.65. The highest BCUT2D eigenvalue weighted by molar-refractivity contribution is 5.01. The van der Waals surface area contributed by atoms with Crippen LogP contribution < -0.4 is 0 Å². The molecule has 0 aromatic carbocycles. The predicted molar refractivity (Wildman–Crippen MR) is 44.9 cm³/mol. The number of allylic oxidation sites excluding steroid dienone is 2. The van der Waals surface area contributed by atoms with Crippen molar-refractivity contribution in [2.45, 2.75) is 40.5 Å². The van der Waals surface area contributed by atoms with Crippen LogP contribution in [0.1, 0.15) is 40.5 Å². The average molecular weight is 142 g/mol. The third-order valence-electron chi connectivity index (χ3n) is 1.65. The van der Waals surface area contributed by atoms with Gasteiger partial charge < -0.3 is 4.74 Å². The zero-order valence-corrected chi connectivity index (χ0v) is 7.53. The van der Waals surface area contributed by atoms with E-state index in [2.05, 4.69) is 20.8 Å². The lowest BCUT2D eigenvalue weighted by Gasteiger charge is -2.06. The molecule has 0 atom stereocenters. The first-order valence-electron chi connectivity index (χ1n) is 4.01. The first-order chi connectivity index (χ1) is 4.72. The monoisotopic (exact) mass is 142 g/mol. The summed E-state index contributed by atoms with van der Waals surface area (Å²) in [5.41, 5.74) is 1.36. The topological polar surface area (TPSA) is 9.23 Å². The molecule has 0 heterocycles. The van der Waals surface area contributed by atoms with E-state index in [0.717, 1.165) is 25.2 Å². The van der Waals surface area contributed by atoms with Gasteiger partial charge in [-0.05, 0) is 32.3 Å². The average Bonchev–Trinajstić information content (AvgIpc) is 1.98. The van der Waals surface area contributed by atoms with Crippen LogP contribution in [0.15, 0.2) is 11.3 Å². The van der Waals surface area contributed by atoms with Crippen LogP contribution >= 0.6 is 0 Å². The molecule has 1 nitrogen and oxygen atoms in total. The van der Waals surface area contributed by atoms with E-state index in [9.17, 15) is 0 Å². The SMILES string of the molecule is CCCO/C(C)=C(/C)CC. The number of hydrogen-bond acceptors (Lipinski definition) is 1. The fraction of sp³-hybridized carbons (Fsp3) is 0.778. The van der Waals surface area contributed by atoms with Crippen molar-refractivity contribution >= 4 is 0 Å². The van der Waals surface area contributed by atoms with Crippen LogP contribution in [0, 0.1) is 0 Å². The van der Waals surface area contributed by atoms with Crippen molar-refractivity contribution in [3.05, 3.63) is 11.3 Å². The molecule has 0 spiro atoms. The molecule has 0 N–H and O–H groups in total. The second kappa shape index (κ2) is 5.33. The second-order valence-corrected chi connectivity index (χ2v) is 2.54. The number of rotatable bonds is 4. The molecule has 0 radical (unpaired) electrons. The normalized spacial score (nSPS) is 12.8. The molecule has 0 amide bonds.